The summed E-state index contributed by atoms with van der Waals surface area (Å²) in [6.07, 6.45) is 15.2. The molecule has 1 heterocycles. The van der Waals surface area contributed by atoms with Gasteiger partial charge in [-0.25, -0.2) is 9.69 Å². The van der Waals surface area contributed by atoms with Crippen LogP contribution in [0.25, 0.3) is 0 Å². The summed E-state index contributed by atoms with van der Waals surface area (Å²) in [7, 11) is -1.51. The van der Waals surface area contributed by atoms with Crippen molar-refractivity contribution >= 4 is 35.0 Å². The molecule has 8 heteroatoms. The average molecular weight is 464 g/mol. The van der Waals surface area contributed by atoms with Crippen molar-refractivity contribution in [1.29, 1.82) is 0 Å². The van der Waals surface area contributed by atoms with Crippen molar-refractivity contribution in [1.82, 2.24) is 10.5 Å². The number of aromatic nitrogens is 1. The number of carbonyl (C=O) groups excluding carboxylic acids is 1. The van der Waals surface area contributed by atoms with Crippen LogP contribution in [0.15, 0.2) is 72.5 Å². The van der Waals surface area contributed by atoms with Gasteiger partial charge in [0.25, 0.3) is 5.91 Å². The van der Waals surface area contributed by atoms with E-state index in [9.17, 15) is 9.00 Å². The van der Waals surface area contributed by atoms with Gasteiger partial charge in [-0.2, -0.15) is 0 Å². The van der Waals surface area contributed by atoms with Crippen molar-refractivity contribution in [3.63, 3.8) is 0 Å². The Bertz CT molecular complexity index is 884. The SMILES string of the molecule is C#C.C/C=C\C(=C/C)C(c1ccccc1)S(=O)Nc1ccnc(C(=O)NO)c1.CC.Cl. The highest BCUT2D eigenvalue weighted by Gasteiger charge is 2.22. The number of hydrogen-bond donors (Lipinski definition) is 3. The zero-order chi connectivity index (χ0) is 22.9. The molecule has 3 N–H and O–H groups in total. The zero-order valence-corrected chi connectivity index (χ0v) is 19.7. The van der Waals surface area contributed by atoms with E-state index >= 15 is 0 Å². The van der Waals surface area contributed by atoms with Crippen molar-refractivity contribution in [3.05, 3.63) is 83.7 Å². The molecule has 168 valence electrons. The van der Waals surface area contributed by atoms with Gasteiger partial charge >= 0.3 is 0 Å². The summed E-state index contributed by atoms with van der Waals surface area (Å²) < 4.78 is 16.0. The van der Waals surface area contributed by atoms with Gasteiger partial charge in [-0.1, -0.05) is 62.4 Å². The molecule has 1 aromatic carbocycles. The van der Waals surface area contributed by atoms with E-state index in [-0.39, 0.29) is 23.4 Å². The van der Waals surface area contributed by atoms with E-state index in [2.05, 4.69) is 22.6 Å². The van der Waals surface area contributed by atoms with Crippen LogP contribution in [-0.4, -0.2) is 20.3 Å². The van der Waals surface area contributed by atoms with Crippen LogP contribution < -0.4 is 10.2 Å². The molecule has 2 aromatic rings. The van der Waals surface area contributed by atoms with Crippen LogP contribution in [0.2, 0.25) is 0 Å². The molecule has 0 aliphatic heterocycles. The third-order valence-electron chi connectivity index (χ3n) is 3.62. The first-order valence-corrected chi connectivity index (χ1v) is 10.6. The van der Waals surface area contributed by atoms with E-state index < -0.39 is 16.9 Å². The second kappa shape index (κ2) is 17.9. The lowest BCUT2D eigenvalue weighted by Crippen LogP contribution is -2.20. The van der Waals surface area contributed by atoms with Gasteiger partial charge in [0.05, 0.1) is 5.69 Å². The molecule has 0 saturated heterocycles. The summed E-state index contributed by atoms with van der Waals surface area (Å²) >= 11 is 0. The average Bonchev–Trinajstić information content (AvgIpc) is 2.81. The molecule has 0 aliphatic rings. The van der Waals surface area contributed by atoms with Crippen molar-refractivity contribution in [2.75, 3.05) is 4.72 Å². The minimum Gasteiger partial charge on any atom is -0.304 e. The number of carbonyl (C=O) groups is 1. The molecular weight excluding hydrogens is 434 g/mol. The number of terminal acetylenes is 1. The van der Waals surface area contributed by atoms with E-state index in [1.54, 1.807) is 6.07 Å². The minimum atomic E-state index is -1.51. The second-order valence-electron chi connectivity index (χ2n) is 5.35. The first-order valence-electron chi connectivity index (χ1n) is 9.35. The van der Waals surface area contributed by atoms with E-state index in [1.807, 2.05) is 76.3 Å². The molecule has 2 unspecified atom stereocenters. The summed E-state index contributed by atoms with van der Waals surface area (Å²) in [5.74, 6) is -0.734. The largest absolute Gasteiger partial charge is 0.304 e. The Morgan fingerprint density at radius 2 is 1.77 bits per heavy atom. The maximum absolute atomic E-state index is 13.1. The maximum atomic E-state index is 13.1. The summed E-state index contributed by atoms with van der Waals surface area (Å²) in [6, 6.07) is 12.6. The number of benzene rings is 1. The molecule has 0 aliphatic carbocycles. The molecule has 1 amide bonds. The molecule has 0 spiro atoms. The fourth-order valence-corrected chi connectivity index (χ4v) is 3.79. The molecule has 2 rings (SSSR count). The van der Waals surface area contributed by atoms with Crippen LogP contribution in [0.3, 0.4) is 0 Å². The molecule has 31 heavy (non-hydrogen) atoms. The van der Waals surface area contributed by atoms with Gasteiger partial charge in [0.15, 0.2) is 0 Å². The van der Waals surface area contributed by atoms with E-state index in [0.29, 0.717) is 5.69 Å². The van der Waals surface area contributed by atoms with Crippen molar-refractivity contribution in [2.24, 2.45) is 0 Å². The number of nitrogens with zero attached hydrogens (tertiary/aromatic N) is 1. The van der Waals surface area contributed by atoms with Crippen LogP contribution in [0.1, 0.15) is 49.0 Å². The predicted molar refractivity (Wildman–Crippen MR) is 131 cm³/mol. The van der Waals surface area contributed by atoms with Crippen LogP contribution >= 0.6 is 12.4 Å². The number of amides is 1. The summed E-state index contributed by atoms with van der Waals surface area (Å²) in [5, 5.41) is 8.34. The lowest BCUT2D eigenvalue weighted by Gasteiger charge is -2.19. The Labute approximate surface area is 193 Å². The summed E-state index contributed by atoms with van der Waals surface area (Å²) in [4.78, 5) is 15.4. The molecule has 1 aromatic heterocycles. The first-order chi connectivity index (χ1) is 14.6. The molecule has 0 radical (unpaired) electrons. The topological polar surface area (TPSA) is 91.3 Å². The van der Waals surface area contributed by atoms with Crippen molar-refractivity contribution < 1.29 is 14.2 Å². The van der Waals surface area contributed by atoms with Crippen LogP contribution in [-0.2, 0) is 11.0 Å². The monoisotopic (exact) mass is 463 g/mol. The number of halogens is 1. The van der Waals surface area contributed by atoms with E-state index in [1.165, 1.54) is 17.7 Å². The number of allylic oxidation sites excluding steroid dienone is 3. The molecule has 0 saturated carbocycles. The highest BCUT2D eigenvalue weighted by molar-refractivity contribution is 7.86. The molecule has 0 bridgehead atoms. The Kier molecular flexibility index (Phi) is 17.5. The second-order valence-corrected chi connectivity index (χ2v) is 6.62. The third kappa shape index (κ3) is 9.62. The lowest BCUT2D eigenvalue weighted by atomic mass is 10.0. The predicted octanol–water partition coefficient (Wildman–Crippen LogP) is 5.24. The van der Waals surface area contributed by atoms with Crippen molar-refractivity contribution in [3.8, 4) is 12.8 Å². The van der Waals surface area contributed by atoms with Gasteiger partial charge in [-0.15, -0.1) is 25.3 Å². The zero-order valence-electron chi connectivity index (χ0n) is 18.1. The highest BCUT2D eigenvalue weighted by Crippen LogP contribution is 2.30. The van der Waals surface area contributed by atoms with Gasteiger partial charge in [-0.05, 0) is 37.1 Å². The molecular formula is C23H30ClN3O3S. The Morgan fingerprint density at radius 1 is 1.16 bits per heavy atom. The number of hydroxylamine groups is 1. The van der Waals surface area contributed by atoms with Gasteiger partial charge in [-0.3, -0.25) is 15.0 Å². The Hall–Kier alpha value is -2.92. The fourth-order valence-electron chi connectivity index (χ4n) is 2.45. The number of rotatable bonds is 7. The Balaban J connectivity index is 0. The molecule has 0 fully saturated rings. The minimum absolute atomic E-state index is 0. The van der Waals surface area contributed by atoms with E-state index in [0.717, 1.165) is 11.1 Å². The smallest absolute Gasteiger partial charge is 0.293 e. The molecule has 2 atom stereocenters. The maximum Gasteiger partial charge on any atom is 0.293 e. The van der Waals surface area contributed by atoms with Gasteiger partial charge in [0, 0.05) is 6.20 Å². The summed E-state index contributed by atoms with van der Waals surface area (Å²) in [5.41, 5.74) is 3.83. The standard InChI is InChI=1S/C19H21N3O3S.C2H6.C2H2.ClH/c1-3-8-14(4-2)18(15-9-6-5-7-10-15)26(25)22-16-11-12-20-17(13-16)19(23)21-24;2*1-2;/h3-13,18,24H,1-2H3,(H,20,22)(H,21,23);1-2H3;1-2H;1H/b8-3-,14-4+;;;. The van der Waals surface area contributed by atoms with Crippen molar-refractivity contribution in [2.45, 2.75) is 32.9 Å². The number of anilines is 1. The Morgan fingerprint density at radius 3 is 2.29 bits per heavy atom. The summed E-state index contributed by atoms with van der Waals surface area (Å²) in [6.45, 7) is 7.81. The van der Waals surface area contributed by atoms with Gasteiger partial charge in [0.1, 0.15) is 21.9 Å². The normalized spacial score (nSPS) is 12.0. The van der Waals surface area contributed by atoms with Gasteiger partial charge in [0.2, 0.25) is 0 Å². The van der Waals surface area contributed by atoms with Crippen LogP contribution in [0.4, 0.5) is 5.69 Å². The van der Waals surface area contributed by atoms with Crippen LogP contribution in [0, 0.1) is 12.8 Å². The van der Waals surface area contributed by atoms with Gasteiger partial charge < -0.3 is 4.72 Å². The first kappa shape index (κ1) is 30.3. The number of nitrogens with one attached hydrogen (secondary N) is 2. The molecule has 6 nitrogen and oxygen atoms in total. The fraction of sp³-hybridized carbons (Fsp3) is 0.217. The quantitative estimate of drug-likeness (QED) is 0.227. The lowest BCUT2D eigenvalue weighted by molar-refractivity contribution is 0.0701. The van der Waals surface area contributed by atoms with E-state index in [4.69, 9.17) is 5.21 Å². The number of pyridine rings is 1. The number of hydrogen-bond acceptors (Lipinski definition) is 4. The highest BCUT2D eigenvalue weighted by atomic mass is 35.5. The van der Waals surface area contributed by atoms with Crippen LogP contribution in [0.5, 0.6) is 0 Å². The third-order valence-corrected chi connectivity index (χ3v) is 5.03.